The van der Waals surface area contributed by atoms with E-state index in [2.05, 4.69) is 32.6 Å². The third-order valence-corrected chi connectivity index (χ3v) is 3.51. The first-order valence-electron chi connectivity index (χ1n) is 5.21. The average molecular weight is 276 g/mol. The van der Waals surface area contributed by atoms with Crippen LogP contribution in [0.25, 0.3) is 0 Å². The molecule has 0 saturated heterocycles. The Labute approximate surface area is 102 Å². The number of carbonyl (C=O) groups excluding carboxylic acids is 1. The number of rotatable bonds is 1. The summed E-state index contributed by atoms with van der Waals surface area (Å²) < 4.78 is 3.11. The van der Waals surface area contributed by atoms with Gasteiger partial charge in [0.15, 0.2) is 5.78 Å². The van der Waals surface area contributed by atoms with Gasteiger partial charge in [-0.25, -0.2) is 0 Å². The maximum atomic E-state index is 11.8. The molecule has 0 aliphatic carbocycles. The molecular weight excluding hydrogens is 266 g/mol. The van der Waals surface area contributed by atoms with Gasteiger partial charge in [-0.3, -0.25) is 4.79 Å². The summed E-state index contributed by atoms with van der Waals surface area (Å²) in [5, 5.41) is 0. The number of Topliss-reactive ketones (excluding diaryl/α,β-unsaturated/α-hetero) is 1. The van der Waals surface area contributed by atoms with Crippen molar-refractivity contribution >= 4 is 21.7 Å². The highest BCUT2D eigenvalue weighted by Crippen LogP contribution is 2.32. The van der Waals surface area contributed by atoms with E-state index in [4.69, 9.17) is 0 Å². The van der Waals surface area contributed by atoms with Gasteiger partial charge in [-0.15, -0.1) is 0 Å². The van der Waals surface area contributed by atoms with Gasteiger partial charge < -0.3 is 4.57 Å². The molecule has 1 aliphatic heterocycles. The number of carbonyl (C=O) groups is 1. The lowest BCUT2D eigenvalue weighted by atomic mass is 10.0. The van der Waals surface area contributed by atoms with Crippen molar-refractivity contribution in [3.8, 4) is 0 Å². The highest BCUT2D eigenvalue weighted by atomic mass is 79.9. The molecule has 1 aliphatic rings. The van der Waals surface area contributed by atoms with Crippen molar-refractivity contribution < 1.29 is 4.79 Å². The third-order valence-electron chi connectivity index (χ3n) is 3.01. The van der Waals surface area contributed by atoms with Gasteiger partial charge in [0.05, 0.1) is 11.7 Å². The van der Waals surface area contributed by atoms with E-state index in [-0.39, 0.29) is 11.8 Å². The maximum Gasteiger partial charge on any atom is 0.181 e. The molecule has 0 bridgehead atoms. The van der Waals surface area contributed by atoms with Crippen LogP contribution in [0.2, 0.25) is 0 Å². The Kier molecular flexibility index (Phi) is 2.21. The van der Waals surface area contributed by atoms with Crippen LogP contribution in [0, 0.1) is 0 Å². The average Bonchev–Trinajstić information content (AvgIpc) is 2.83. The lowest BCUT2D eigenvalue weighted by Crippen LogP contribution is -2.03. The second-order valence-corrected chi connectivity index (χ2v) is 4.91. The second kappa shape index (κ2) is 3.59. The molecule has 2 aromatic rings. The highest BCUT2D eigenvalue weighted by Gasteiger charge is 2.29. The van der Waals surface area contributed by atoms with Crippen LogP contribution in [0.4, 0.5) is 0 Å². The Morgan fingerprint density at radius 1 is 1.25 bits per heavy atom. The highest BCUT2D eigenvalue weighted by molar-refractivity contribution is 9.10. The molecule has 1 aromatic heterocycles. The molecule has 0 fully saturated rings. The van der Waals surface area contributed by atoms with Crippen LogP contribution in [0.15, 0.2) is 47.1 Å². The predicted octanol–water partition coefficient (Wildman–Crippen LogP) is 3.43. The predicted molar refractivity (Wildman–Crippen MR) is 65.7 cm³/mol. The molecular formula is C13H10BrNO. The van der Waals surface area contributed by atoms with Gasteiger partial charge in [0.1, 0.15) is 0 Å². The quantitative estimate of drug-likeness (QED) is 0.782. The summed E-state index contributed by atoms with van der Waals surface area (Å²) in [4.78, 5) is 11.8. The first-order valence-corrected chi connectivity index (χ1v) is 6.00. The zero-order chi connectivity index (χ0) is 11.1. The number of benzene rings is 1. The first-order chi connectivity index (χ1) is 7.75. The van der Waals surface area contributed by atoms with E-state index in [1.165, 1.54) is 5.56 Å². The third kappa shape index (κ3) is 1.43. The molecule has 3 heteroatoms. The zero-order valence-electron chi connectivity index (χ0n) is 8.56. The van der Waals surface area contributed by atoms with Gasteiger partial charge in [0, 0.05) is 17.1 Å². The molecule has 16 heavy (non-hydrogen) atoms. The van der Waals surface area contributed by atoms with Gasteiger partial charge in [-0.1, -0.05) is 28.1 Å². The van der Waals surface area contributed by atoms with E-state index in [9.17, 15) is 4.79 Å². The lowest BCUT2D eigenvalue weighted by molar-refractivity contribution is 0.0991. The number of ketones is 1. The maximum absolute atomic E-state index is 11.8. The van der Waals surface area contributed by atoms with Gasteiger partial charge in [-0.2, -0.15) is 0 Å². The van der Waals surface area contributed by atoms with Crippen LogP contribution in [-0.2, 0) is 0 Å². The molecule has 3 rings (SSSR count). The number of nitrogens with zero attached hydrogens (tertiary/aromatic N) is 1. The van der Waals surface area contributed by atoms with Crippen molar-refractivity contribution in [3.05, 3.63) is 58.3 Å². The molecule has 0 spiro atoms. The number of fused-ring (bicyclic) bond motifs is 1. The summed E-state index contributed by atoms with van der Waals surface area (Å²) in [5.41, 5.74) is 2.00. The lowest BCUT2D eigenvalue weighted by Gasteiger charge is -2.13. The zero-order valence-corrected chi connectivity index (χ0v) is 10.1. The van der Waals surface area contributed by atoms with Gasteiger partial charge in [-0.05, 0) is 29.8 Å². The van der Waals surface area contributed by atoms with E-state index in [1.54, 1.807) is 0 Å². The Bertz CT molecular complexity index is 559. The number of hydrogen-bond donors (Lipinski definition) is 0. The fourth-order valence-corrected chi connectivity index (χ4v) is 2.69. The number of hydrogen-bond acceptors (Lipinski definition) is 1. The minimum absolute atomic E-state index is 0.162. The Balaban J connectivity index is 2.08. The summed E-state index contributed by atoms with van der Waals surface area (Å²) >= 11 is 3.46. The monoisotopic (exact) mass is 275 g/mol. The SMILES string of the molecule is O=C1CC(c2cccc(Br)c2)n2cccc21. The Hall–Kier alpha value is -1.35. The molecule has 0 amide bonds. The minimum Gasteiger partial charge on any atom is -0.337 e. The van der Waals surface area contributed by atoms with E-state index < -0.39 is 0 Å². The molecule has 1 aromatic carbocycles. The molecule has 0 saturated carbocycles. The smallest absolute Gasteiger partial charge is 0.181 e. The van der Waals surface area contributed by atoms with Crippen LogP contribution >= 0.6 is 15.9 Å². The van der Waals surface area contributed by atoms with E-state index in [0.717, 1.165) is 10.2 Å². The van der Waals surface area contributed by atoms with Gasteiger partial charge in [0.25, 0.3) is 0 Å². The van der Waals surface area contributed by atoms with Crippen LogP contribution in [0.3, 0.4) is 0 Å². The molecule has 2 nitrogen and oxygen atoms in total. The van der Waals surface area contributed by atoms with Crippen LogP contribution in [0.1, 0.15) is 28.5 Å². The van der Waals surface area contributed by atoms with E-state index in [1.807, 2.05) is 30.5 Å². The number of halogens is 1. The summed E-state index contributed by atoms with van der Waals surface area (Å²) in [6.07, 6.45) is 2.55. The van der Waals surface area contributed by atoms with E-state index in [0.29, 0.717) is 6.42 Å². The molecule has 80 valence electrons. The van der Waals surface area contributed by atoms with Crippen molar-refractivity contribution in [2.45, 2.75) is 12.5 Å². The van der Waals surface area contributed by atoms with Crippen molar-refractivity contribution in [2.75, 3.05) is 0 Å². The van der Waals surface area contributed by atoms with Crippen molar-refractivity contribution in [1.82, 2.24) is 4.57 Å². The molecule has 0 radical (unpaired) electrons. The van der Waals surface area contributed by atoms with Crippen molar-refractivity contribution in [2.24, 2.45) is 0 Å². The topological polar surface area (TPSA) is 22.0 Å². The Morgan fingerprint density at radius 3 is 2.94 bits per heavy atom. The summed E-state index contributed by atoms with van der Waals surface area (Å²) in [6.45, 7) is 0. The largest absolute Gasteiger partial charge is 0.337 e. The number of aromatic nitrogens is 1. The van der Waals surface area contributed by atoms with Crippen LogP contribution in [-0.4, -0.2) is 10.4 Å². The standard InChI is InChI=1S/C13H10BrNO/c14-10-4-1-3-9(7-10)12-8-13(16)11-5-2-6-15(11)12/h1-7,12H,8H2. The van der Waals surface area contributed by atoms with Crippen LogP contribution in [0.5, 0.6) is 0 Å². The summed E-state index contributed by atoms with van der Waals surface area (Å²) in [7, 11) is 0. The molecule has 2 heterocycles. The second-order valence-electron chi connectivity index (χ2n) is 4.00. The first kappa shape index (κ1) is 9.85. The van der Waals surface area contributed by atoms with Crippen LogP contribution < -0.4 is 0 Å². The molecule has 0 N–H and O–H groups in total. The summed E-state index contributed by atoms with van der Waals surface area (Å²) in [5.74, 6) is 0.231. The fourth-order valence-electron chi connectivity index (χ4n) is 2.27. The normalized spacial score (nSPS) is 18.8. The van der Waals surface area contributed by atoms with Gasteiger partial charge >= 0.3 is 0 Å². The van der Waals surface area contributed by atoms with E-state index >= 15 is 0 Å². The van der Waals surface area contributed by atoms with Crippen molar-refractivity contribution in [3.63, 3.8) is 0 Å². The molecule has 1 atom stereocenters. The Morgan fingerprint density at radius 2 is 2.12 bits per heavy atom. The molecule has 1 unspecified atom stereocenters. The summed E-state index contributed by atoms with van der Waals surface area (Å²) in [6, 6.07) is 12.1. The van der Waals surface area contributed by atoms with Gasteiger partial charge in [0.2, 0.25) is 0 Å². The minimum atomic E-state index is 0.162. The fraction of sp³-hybridized carbons (Fsp3) is 0.154. The van der Waals surface area contributed by atoms with Crippen molar-refractivity contribution in [1.29, 1.82) is 0 Å².